The van der Waals surface area contributed by atoms with E-state index in [0.717, 1.165) is 0 Å². The summed E-state index contributed by atoms with van der Waals surface area (Å²) in [4.78, 5) is 0. The van der Waals surface area contributed by atoms with Gasteiger partial charge in [-0.3, -0.25) is 4.55 Å². The van der Waals surface area contributed by atoms with E-state index in [4.69, 9.17) is 13.0 Å². The number of hydrogen-bond donors (Lipinski definition) is 1. The third-order valence-electron chi connectivity index (χ3n) is 0. The summed E-state index contributed by atoms with van der Waals surface area (Å²) in [5.74, 6) is 0. The van der Waals surface area contributed by atoms with Crippen LogP contribution < -0.4 is 18.9 Å². The molecule has 74 valence electrons. The van der Waals surface area contributed by atoms with Gasteiger partial charge in [-0.25, -0.2) is 0 Å². The van der Waals surface area contributed by atoms with Crippen LogP contribution in [-0.4, -0.2) is 27.8 Å². The second kappa shape index (κ2) is 4.76. The van der Waals surface area contributed by atoms with E-state index in [1.807, 2.05) is 0 Å². The van der Waals surface area contributed by atoms with Gasteiger partial charge < -0.3 is 1.43 Å². The smallest absolute Gasteiger partial charge is 1.00 e. The Hall–Kier alpha value is 0.646. The van der Waals surface area contributed by atoms with Gasteiger partial charge in [0.1, 0.15) is 0 Å². The van der Waals surface area contributed by atoms with Crippen molar-refractivity contribution in [3.63, 3.8) is 0 Å². The topological polar surface area (TPSA) is 54.4 Å². The molecule has 0 aliphatic heterocycles. The Morgan fingerprint density at radius 2 is 1.08 bits per heavy atom. The van der Waals surface area contributed by atoms with Crippen LogP contribution in [0.2, 0.25) is 0 Å². The SMILES string of the molecule is F[As](F)(F)(F)F.O=S(=O)(O)F.[H-].[Li+]. The number of rotatable bonds is 0. The molecule has 0 heterocycles. The van der Waals surface area contributed by atoms with E-state index < -0.39 is 25.3 Å². The molecule has 0 saturated carbocycles. The van der Waals surface area contributed by atoms with Crippen molar-refractivity contribution < 1.29 is 54.5 Å². The summed E-state index contributed by atoms with van der Waals surface area (Å²) in [6, 6.07) is 0. The monoisotopic (exact) mass is 278 g/mol. The van der Waals surface area contributed by atoms with Crippen molar-refractivity contribution in [2.75, 3.05) is 0 Å². The van der Waals surface area contributed by atoms with Crippen LogP contribution in [0.3, 0.4) is 0 Å². The maximum atomic E-state index is 10.2. The van der Waals surface area contributed by atoms with Crippen molar-refractivity contribution in [1.82, 2.24) is 0 Å². The Bertz CT molecular complexity index is 193. The Morgan fingerprint density at radius 3 is 1.08 bits per heavy atom. The third-order valence-corrected chi connectivity index (χ3v) is 0. The van der Waals surface area contributed by atoms with Crippen LogP contribution in [-0.2, 0) is 10.5 Å². The molecule has 0 aliphatic carbocycles. The van der Waals surface area contributed by atoms with Crippen molar-refractivity contribution >= 4 is 25.3 Å². The summed E-state index contributed by atoms with van der Waals surface area (Å²) in [7, 11) is -5.17. The van der Waals surface area contributed by atoms with Gasteiger partial charge in [0, 0.05) is 0 Å². The van der Waals surface area contributed by atoms with Gasteiger partial charge in [0.2, 0.25) is 0 Å². The minimum absolute atomic E-state index is 0. The zero-order chi connectivity index (χ0) is 9.95. The molecule has 0 radical (unpaired) electrons. The van der Waals surface area contributed by atoms with E-state index in [0.29, 0.717) is 0 Å². The van der Waals surface area contributed by atoms with Crippen LogP contribution in [0.25, 0.3) is 0 Å². The van der Waals surface area contributed by atoms with Crippen LogP contribution in [0.5, 0.6) is 0 Å². The van der Waals surface area contributed by atoms with Gasteiger partial charge in [0.05, 0.1) is 0 Å². The van der Waals surface area contributed by atoms with Crippen molar-refractivity contribution in [2.45, 2.75) is 0 Å². The molecular weight excluding hydrogens is 276 g/mol. The average Bonchev–Trinajstić information content (AvgIpc) is 1.07. The van der Waals surface area contributed by atoms with Crippen molar-refractivity contribution in [1.29, 1.82) is 0 Å². The summed E-state index contributed by atoms with van der Waals surface area (Å²) in [5, 5.41) is 0. The molecule has 0 amide bonds. The van der Waals surface area contributed by atoms with E-state index >= 15 is 0 Å². The molecule has 0 aromatic carbocycles. The molecule has 0 unspecified atom stereocenters. The molecule has 0 aliphatic rings. The van der Waals surface area contributed by atoms with Gasteiger partial charge in [0.25, 0.3) is 0 Å². The predicted octanol–water partition coefficient (Wildman–Crippen LogP) is -1.40. The molecule has 3 nitrogen and oxygen atoms in total. The summed E-state index contributed by atoms with van der Waals surface area (Å²) in [6.45, 7) is 0. The minimum Gasteiger partial charge on any atom is -1.00 e. The first kappa shape index (κ1) is 18.4. The zero-order valence-corrected chi connectivity index (χ0v) is 8.08. The molecule has 0 saturated heterocycles. The maximum Gasteiger partial charge on any atom is 1.00 e. The van der Waals surface area contributed by atoms with Crippen molar-refractivity contribution in [3.8, 4) is 0 Å². The van der Waals surface area contributed by atoms with E-state index in [9.17, 15) is 21.2 Å². The maximum absolute atomic E-state index is 10.2. The summed E-state index contributed by atoms with van der Waals surface area (Å²) in [6.07, 6.45) is 0. The molecule has 0 bridgehead atoms. The van der Waals surface area contributed by atoms with Crippen LogP contribution in [0.15, 0.2) is 0 Å². The second-order valence-electron chi connectivity index (χ2n) is 1.05. The predicted molar refractivity (Wildman–Crippen MR) is 25.1 cm³/mol. The molecule has 0 atom stereocenters. The van der Waals surface area contributed by atoms with Gasteiger partial charge >= 0.3 is 61.5 Å². The average molecular weight is 278 g/mol. The normalized spacial score (nSPS) is 14.4. The van der Waals surface area contributed by atoms with Crippen LogP contribution in [0, 0.1) is 0 Å². The molecule has 12 heteroatoms. The summed E-state index contributed by atoms with van der Waals surface area (Å²) < 4.78 is 83.5. The third kappa shape index (κ3) is 2370. The molecule has 0 aromatic rings. The Balaban J connectivity index is -0.0000000546. The van der Waals surface area contributed by atoms with Crippen LogP contribution in [0.1, 0.15) is 1.43 Å². The Kier molecular flexibility index (Phi) is 7.32. The van der Waals surface area contributed by atoms with Crippen molar-refractivity contribution in [3.05, 3.63) is 0 Å². The van der Waals surface area contributed by atoms with Gasteiger partial charge in [-0.15, -0.1) is 0 Å². The first-order valence-corrected chi connectivity index (χ1v) is 6.40. The first-order valence-electron chi connectivity index (χ1n) is 1.52. The molecule has 0 spiro atoms. The van der Waals surface area contributed by atoms with Crippen LogP contribution >= 0.6 is 0 Å². The number of halogens is 6. The van der Waals surface area contributed by atoms with Gasteiger partial charge in [-0.2, -0.15) is 8.42 Å². The fourth-order valence-corrected chi connectivity index (χ4v) is 0. The van der Waals surface area contributed by atoms with Gasteiger partial charge in [-0.1, -0.05) is 3.89 Å². The summed E-state index contributed by atoms with van der Waals surface area (Å²) in [5.41, 5.74) is 0. The van der Waals surface area contributed by atoms with E-state index in [1.54, 1.807) is 0 Å². The zero-order valence-electron chi connectivity index (χ0n) is 6.39. The van der Waals surface area contributed by atoms with Gasteiger partial charge in [0.15, 0.2) is 0 Å². The fourth-order valence-electron chi connectivity index (χ4n) is 0. The van der Waals surface area contributed by atoms with Crippen LogP contribution in [0.4, 0.5) is 21.2 Å². The minimum atomic E-state index is -8.99. The van der Waals surface area contributed by atoms with Gasteiger partial charge in [-0.05, 0) is 0 Å². The molecule has 0 aromatic heterocycles. The molecule has 0 fully saturated rings. The van der Waals surface area contributed by atoms with E-state index in [2.05, 4.69) is 0 Å². The molecule has 12 heavy (non-hydrogen) atoms. The largest absolute Gasteiger partial charge is 1.00 e. The standard InChI is InChI=1S/AsF5.FHO3S.Li.H/c2-1(3,4,5)6;1-5(2,3)4;;/h;(H,2,3,4);;/q;;+1;-1. The molecule has 0 rings (SSSR count). The quantitative estimate of drug-likeness (QED) is 0.256. The Labute approximate surface area is 80.0 Å². The number of hydrogen-bond acceptors (Lipinski definition) is 2. The van der Waals surface area contributed by atoms with E-state index in [-0.39, 0.29) is 20.3 Å². The first-order chi connectivity index (χ1) is 4.24. The Morgan fingerprint density at radius 1 is 1.08 bits per heavy atom. The fraction of sp³-hybridized carbons (Fsp3) is 0. The summed E-state index contributed by atoms with van der Waals surface area (Å²) >= 11 is -8.99. The second-order valence-corrected chi connectivity index (χ2v) is 4.56. The molecule has 1 N–H and O–H groups in total. The molecular formula is H2AsF6LiO3S. The van der Waals surface area contributed by atoms with E-state index in [1.165, 1.54) is 0 Å². The van der Waals surface area contributed by atoms with Crippen molar-refractivity contribution in [2.24, 2.45) is 0 Å².